The lowest BCUT2D eigenvalue weighted by molar-refractivity contribution is -0.136. The van der Waals surface area contributed by atoms with Gasteiger partial charge in [0.2, 0.25) is 0 Å². The summed E-state index contributed by atoms with van der Waals surface area (Å²) >= 11 is 1.45. The molecule has 0 aliphatic heterocycles. The van der Waals surface area contributed by atoms with Gasteiger partial charge < -0.3 is 10.4 Å². The normalized spacial score (nSPS) is 10.3. The number of carboxylic acid groups (broad SMARTS) is 1. The number of amides is 1. The number of nitrogens with one attached hydrogen (secondary N) is 1. The van der Waals surface area contributed by atoms with Crippen molar-refractivity contribution in [2.75, 3.05) is 5.32 Å². The Balaban J connectivity index is 2.13. The highest BCUT2D eigenvalue weighted by molar-refractivity contribution is 7.14. The second kappa shape index (κ2) is 5.88. The predicted octanol–water partition coefficient (Wildman–Crippen LogP) is 3.24. The summed E-state index contributed by atoms with van der Waals surface area (Å²) < 4.78 is 0. The number of benzene rings is 1. The fraction of sp³-hybridized carbons (Fsp3) is 0.200. The van der Waals surface area contributed by atoms with E-state index in [1.165, 1.54) is 11.3 Å². The van der Waals surface area contributed by atoms with Crippen LogP contribution in [0.1, 0.15) is 25.7 Å². The molecule has 1 aromatic carbocycles. The van der Waals surface area contributed by atoms with Crippen LogP contribution in [0.15, 0.2) is 30.3 Å². The van der Waals surface area contributed by atoms with Gasteiger partial charge in [0, 0.05) is 10.6 Å². The third-order valence-corrected chi connectivity index (χ3v) is 4.08. The Kier molecular flexibility index (Phi) is 4.20. The molecule has 2 rings (SSSR count). The van der Waals surface area contributed by atoms with E-state index in [4.69, 9.17) is 5.11 Å². The summed E-state index contributed by atoms with van der Waals surface area (Å²) in [5.74, 6) is -1.06. The number of hydrogen-bond donors (Lipinski definition) is 2. The monoisotopic (exact) mass is 289 g/mol. The minimum atomic E-state index is -0.891. The van der Waals surface area contributed by atoms with Crippen molar-refractivity contribution in [3.63, 3.8) is 0 Å². The van der Waals surface area contributed by atoms with Crippen LogP contribution < -0.4 is 5.32 Å². The number of anilines is 1. The summed E-state index contributed by atoms with van der Waals surface area (Å²) in [5.41, 5.74) is 2.37. The van der Waals surface area contributed by atoms with Crippen LogP contribution in [0.5, 0.6) is 0 Å². The molecule has 0 spiro atoms. The van der Waals surface area contributed by atoms with Gasteiger partial charge in [0.25, 0.3) is 5.91 Å². The lowest BCUT2D eigenvalue weighted by Gasteiger charge is -2.05. The number of carbonyl (C=O) groups is 2. The van der Waals surface area contributed by atoms with Crippen LogP contribution in [-0.2, 0) is 11.2 Å². The molecular weight excluding hydrogens is 274 g/mol. The van der Waals surface area contributed by atoms with Crippen LogP contribution in [0.4, 0.5) is 5.69 Å². The van der Waals surface area contributed by atoms with Gasteiger partial charge >= 0.3 is 5.97 Å². The van der Waals surface area contributed by atoms with E-state index in [1.54, 1.807) is 24.3 Å². The third-order valence-electron chi connectivity index (χ3n) is 2.93. The highest BCUT2D eigenvalue weighted by atomic mass is 32.1. The number of aryl methyl sites for hydroxylation is 2. The van der Waals surface area contributed by atoms with Gasteiger partial charge in [0.15, 0.2) is 0 Å². The summed E-state index contributed by atoms with van der Waals surface area (Å²) in [5, 5.41) is 11.6. The summed E-state index contributed by atoms with van der Waals surface area (Å²) in [6, 6.07) is 8.74. The number of carbonyl (C=O) groups excluding carboxylic acids is 1. The van der Waals surface area contributed by atoms with E-state index < -0.39 is 5.97 Å². The SMILES string of the molecule is Cc1cc(C(=O)Nc2cccc(CC(=O)O)c2)sc1C. The van der Waals surface area contributed by atoms with Gasteiger partial charge in [-0.3, -0.25) is 9.59 Å². The van der Waals surface area contributed by atoms with Crippen molar-refractivity contribution in [2.24, 2.45) is 0 Å². The number of hydrogen-bond acceptors (Lipinski definition) is 3. The molecule has 0 saturated carbocycles. The second-order valence-corrected chi connectivity index (χ2v) is 5.83. The molecule has 20 heavy (non-hydrogen) atoms. The minimum Gasteiger partial charge on any atom is -0.481 e. The fourth-order valence-electron chi connectivity index (χ4n) is 1.81. The number of rotatable bonds is 4. The van der Waals surface area contributed by atoms with Crippen molar-refractivity contribution in [3.8, 4) is 0 Å². The Morgan fingerprint density at radius 3 is 2.60 bits per heavy atom. The van der Waals surface area contributed by atoms with Crippen LogP contribution in [0.25, 0.3) is 0 Å². The van der Waals surface area contributed by atoms with Gasteiger partial charge in [-0.1, -0.05) is 12.1 Å². The first kappa shape index (κ1) is 14.3. The van der Waals surface area contributed by atoms with E-state index in [1.807, 2.05) is 19.9 Å². The molecule has 0 fully saturated rings. The van der Waals surface area contributed by atoms with Crippen LogP contribution >= 0.6 is 11.3 Å². The summed E-state index contributed by atoms with van der Waals surface area (Å²) in [7, 11) is 0. The second-order valence-electron chi connectivity index (χ2n) is 4.57. The van der Waals surface area contributed by atoms with Gasteiger partial charge in [-0.15, -0.1) is 11.3 Å². The topological polar surface area (TPSA) is 66.4 Å². The molecule has 0 unspecified atom stereocenters. The van der Waals surface area contributed by atoms with E-state index in [2.05, 4.69) is 5.32 Å². The molecule has 2 aromatic rings. The average molecular weight is 289 g/mol. The number of carboxylic acids is 1. The molecule has 2 N–H and O–H groups in total. The van der Waals surface area contributed by atoms with Gasteiger partial charge in [0.05, 0.1) is 11.3 Å². The Bertz CT molecular complexity index is 641. The molecule has 4 nitrogen and oxygen atoms in total. The Morgan fingerprint density at radius 1 is 1.25 bits per heavy atom. The zero-order chi connectivity index (χ0) is 14.7. The number of thiophene rings is 1. The predicted molar refractivity (Wildman–Crippen MR) is 79.5 cm³/mol. The maximum absolute atomic E-state index is 12.1. The van der Waals surface area contributed by atoms with Gasteiger partial charge in [-0.25, -0.2) is 0 Å². The lowest BCUT2D eigenvalue weighted by Crippen LogP contribution is -2.10. The number of aliphatic carboxylic acids is 1. The van der Waals surface area contributed by atoms with Crippen molar-refractivity contribution in [1.29, 1.82) is 0 Å². The fourth-order valence-corrected chi connectivity index (χ4v) is 2.74. The van der Waals surface area contributed by atoms with Crippen LogP contribution in [0.2, 0.25) is 0 Å². The van der Waals surface area contributed by atoms with Crippen molar-refractivity contribution in [3.05, 3.63) is 51.2 Å². The molecule has 0 bridgehead atoms. The largest absolute Gasteiger partial charge is 0.481 e. The molecule has 0 saturated heterocycles. The molecule has 0 atom stereocenters. The van der Waals surface area contributed by atoms with E-state index in [0.29, 0.717) is 16.1 Å². The van der Waals surface area contributed by atoms with Crippen LogP contribution in [0.3, 0.4) is 0 Å². The molecular formula is C15H15NO3S. The third kappa shape index (κ3) is 3.45. The molecule has 1 amide bonds. The Hall–Kier alpha value is -2.14. The van der Waals surface area contributed by atoms with Gasteiger partial charge in [-0.2, -0.15) is 0 Å². The lowest BCUT2D eigenvalue weighted by atomic mass is 10.1. The molecule has 0 aliphatic carbocycles. The van der Waals surface area contributed by atoms with Crippen LogP contribution in [-0.4, -0.2) is 17.0 Å². The minimum absolute atomic E-state index is 0.0546. The van der Waals surface area contributed by atoms with E-state index in [-0.39, 0.29) is 12.3 Å². The molecule has 0 radical (unpaired) electrons. The smallest absolute Gasteiger partial charge is 0.307 e. The van der Waals surface area contributed by atoms with Crippen molar-refractivity contribution in [2.45, 2.75) is 20.3 Å². The Morgan fingerprint density at radius 2 is 2.00 bits per heavy atom. The van der Waals surface area contributed by atoms with Gasteiger partial charge in [-0.05, 0) is 43.2 Å². The Labute approximate surface area is 121 Å². The van der Waals surface area contributed by atoms with E-state index in [9.17, 15) is 9.59 Å². The molecule has 0 aliphatic rings. The quantitative estimate of drug-likeness (QED) is 0.908. The summed E-state index contributed by atoms with van der Waals surface area (Å²) in [4.78, 5) is 24.6. The molecule has 1 aromatic heterocycles. The van der Waals surface area contributed by atoms with E-state index in [0.717, 1.165) is 10.4 Å². The van der Waals surface area contributed by atoms with E-state index >= 15 is 0 Å². The van der Waals surface area contributed by atoms with Crippen molar-refractivity contribution in [1.82, 2.24) is 0 Å². The summed E-state index contributed by atoms with van der Waals surface area (Å²) in [6.07, 6.45) is -0.0546. The molecule has 104 valence electrons. The maximum atomic E-state index is 12.1. The molecule has 5 heteroatoms. The highest BCUT2D eigenvalue weighted by Gasteiger charge is 2.11. The standard InChI is InChI=1S/C15H15NO3S/c1-9-6-13(20-10(9)2)15(19)16-12-5-3-4-11(7-12)8-14(17)18/h3-7H,8H2,1-2H3,(H,16,19)(H,17,18). The first-order valence-electron chi connectivity index (χ1n) is 6.15. The first-order chi connectivity index (χ1) is 9.45. The highest BCUT2D eigenvalue weighted by Crippen LogP contribution is 2.22. The van der Waals surface area contributed by atoms with Crippen LogP contribution in [0, 0.1) is 13.8 Å². The van der Waals surface area contributed by atoms with Crippen molar-refractivity contribution >= 4 is 28.9 Å². The van der Waals surface area contributed by atoms with Gasteiger partial charge in [0.1, 0.15) is 0 Å². The zero-order valence-corrected chi connectivity index (χ0v) is 12.1. The van der Waals surface area contributed by atoms with Crippen molar-refractivity contribution < 1.29 is 14.7 Å². The maximum Gasteiger partial charge on any atom is 0.307 e. The first-order valence-corrected chi connectivity index (χ1v) is 6.96. The zero-order valence-electron chi connectivity index (χ0n) is 11.3. The average Bonchev–Trinajstić information content (AvgIpc) is 2.69. The molecule has 1 heterocycles. The summed E-state index contributed by atoms with van der Waals surface area (Å²) in [6.45, 7) is 3.94.